The second kappa shape index (κ2) is 5.34. The molecule has 17 heavy (non-hydrogen) atoms. The van der Waals surface area contributed by atoms with E-state index in [9.17, 15) is 9.59 Å². The Morgan fingerprint density at radius 1 is 1.29 bits per heavy atom. The van der Waals surface area contributed by atoms with Gasteiger partial charge in [0.1, 0.15) is 5.75 Å². The summed E-state index contributed by atoms with van der Waals surface area (Å²) in [5.41, 5.74) is -1.02. The molecule has 2 N–H and O–H groups in total. The molecule has 92 valence electrons. The van der Waals surface area contributed by atoms with Crippen molar-refractivity contribution in [2.45, 2.75) is 13.8 Å². The fraction of sp³-hybridized carbons (Fsp3) is 0.333. The highest BCUT2D eigenvalue weighted by Crippen LogP contribution is 2.13. The summed E-state index contributed by atoms with van der Waals surface area (Å²) in [7, 11) is 0. The first kappa shape index (κ1) is 13.0. The normalized spacial score (nSPS) is 10.7. The molecular formula is C12H15NO4. The van der Waals surface area contributed by atoms with Crippen molar-refractivity contribution in [1.29, 1.82) is 0 Å². The summed E-state index contributed by atoms with van der Waals surface area (Å²) in [5.74, 6) is -0.560. The minimum atomic E-state index is -1.02. The molecule has 0 fully saturated rings. The predicted molar refractivity (Wildman–Crippen MR) is 61.9 cm³/mol. The topological polar surface area (TPSA) is 75.6 Å². The van der Waals surface area contributed by atoms with Crippen LogP contribution >= 0.6 is 0 Å². The van der Waals surface area contributed by atoms with Gasteiger partial charge in [0.05, 0.1) is 5.41 Å². The van der Waals surface area contributed by atoms with Crippen molar-refractivity contribution in [1.82, 2.24) is 5.32 Å². The zero-order chi connectivity index (χ0) is 12.9. The molecule has 0 aliphatic carbocycles. The molecule has 0 aromatic heterocycles. The van der Waals surface area contributed by atoms with Crippen molar-refractivity contribution in [3.05, 3.63) is 30.3 Å². The molecular weight excluding hydrogens is 222 g/mol. The van der Waals surface area contributed by atoms with Gasteiger partial charge in [0.25, 0.3) is 0 Å². The zero-order valence-electron chi connectivity index (χ0n) is 9.77. The number of amides is 1. The van der Waals surface area contributed by atoms with Gasteiger partial charge in [-0.05, 0) is 26.0 Å². The molecule has 5 heteroatoms. The van der Waals surface area contributed by atoms with Gasteiger partial charge in [-0.3, -0.25) is 4.79 Å². The summed E-state index contributed by atoms with van der Waals surface area (Å²) < 4.78 is 4.95. The number of rotatable bonds is 4. The fourth-order valence-corrected chi connectivity index (χ4v) is 1.00. The maximum atomic E-state index is 11.4. The summed E-state index contributed by atoms with van der Waals surface area (Å²) in [4.78, 5) is 22.2. The Kier molecular flexibility index (Phi) is 4.09. The van der Waals surface area contributed by atoms with Gasteiger partial charge in [-0.1, -0.05) is 18.2 Å². The van der Waals surface area contributed by atoms with Gasteiger partial charge in [-0.15, -0.1) is 0 Å². The van der Waals surface area contributed by atoms with E-state index >= 15 is 0 Å². The smallest absolute Gasteiger partial charge is 0.412 e. The number of hydrogen-bond donors (Lipinski definition) is 2. The SMILES string of the molecule is CC(C)(CNC(=O)Oc1ccccc1)C(=O)O. The van der Waals surface area contributed by atoms with Crippen LogP contribution in [0, 0.1) is 5.41 Å². The Bertz CT molecular complexity index is 400. The Morgan fingerprint density at radius 2 is 1.88 bits per heavy atom. The lowest BCUT2D eigenvalue weighted by Crippen LogP contribution is -2.40. The lowest BCUT2D eigenvalue weighted by Gasteiger charge is -2.19. The van der Waals surface area contributed by atoms with Crippen LogP contribution in [-0.2, 0) is 4.79 Å². The van der Waals surface area contributed by atoms with Crippen molar-refractivity contribution in [2.24, 2.45) is 5.41 Å². The van der Waals surface area contributed by atoms with E-state index in [1.807, 2.05) is 0 Å². The highest BCUT2D eigenvalue weighted by atomic mass is 16.6. The lowest BCUT2D eigenvalue weighted by atomic mass is 9.94. The molecule has 1 rings (SSSR count). The molecule has 0 heterocycles. The molecule has 0 spiro atoms. The Morgan fingerprint density at radius 3 is 2.41 bits per heavy atom. The number of hydrogen-bond acceptors (Lipinski definition) is 3. The summed E-state index contributed by atoms with van der Waals surface area (Å²) in [6.45, 7) is 3.06. The van der Waals surface area contributed by atoms with Crippen LogP contribution < -0.4 is 10.1 Å². The first-order valence-corrected chi connectivity index (χ1v) is 5.16. The fourth-order valence-electron chi connectivity index (χ4n) is 1.00. The number of carbonyl (C=O) groups excluding carboxylic acids is 1. The standard InChI is InChI=1S/C12H15NO4/c1-12(2,10(14)15)8-13-11(16)17-9-6-4-3-5-7-9/h3-7H,8H2,1-2H3,(H,13,16)(H,14,15). The third kappa shape index (κ3) is 4.14. The van der Waals surface area contributed by atoms with E-state index in [1.165, 1.54) is 13.8 Å². The van der Waals surface area contributed by atoms with Crippen LogP contribution in [-0.4, -0.2) is 23.7 Å². The maximum Gasteiger partial charge on any atom is 0.412 e. The van der Waals surface area contributed by atoms with Gasteiger partial charge in [0.15, 0.2) is 0 Å². The lowest BCUT2D eigenvalue weighted by molar-refractivity contribution is -0.146. The molecule has 0 bridgehead atoms. The number of ether oxygens (including phenoxy) is 1. The van der Waals surface area contributed by atoms with E-state index in [-0.39, 0.29) is 6.54 Å². The van der Waals surface area contributed by atoms with Gasteiger partial charge < -0.3 is 15.2 Å². The Balaban J connectivity index is 2.44. The van der Waals surface area contributed by atoms with Crippen molar-refractivity contribution >= 4 is 12.1 Å². The largest absolute Gasteiger partial charge is 0.481 e. The first-order chi connectivity index (χ1) is 7.92. The minimum Gasteiger partial charge on any atom is -0.481 e. The quantitative estimate of drug-likeness (QED) is 0.838. The number of carboxylic acid groups (broad SMARTS) is 1. The average molecular weight is 237 g/mol. The van der Waals surface area contributed by atoms with Gasteiger partial charge in [-0.25, -0.2) is 4.79 Å². The van der Waals surface area contributed by atoms with Crippen LogP contribution in [0.15, 0.2) is 30.3 Å². The van der Waals surface area contributed by atoms with Crippen LogP contribution in [0.25, 0.3) is 0 Å². The second-order valence-electron chi connectivity index (χ2n) is 4.25. The molecule has 0 aliphatic rings. The Hall–Kier alpha value is -2.04. The molecule has 1 aromatic rings. The minimum absolute atomic E-state index is 0.00794. The molecule has 0 radical (unpaired) electrons. The molecule has 5 nitrogen and oxygen atoms in total. The molecule has 0 unspecified atom stereocenters. The van der Waals surface area contributed by atoms with E-state index < -0.39 is 17.5 Å². The van der Waals surface area contributed by atoms with Crippen LogP contribution in [0.2, 0.25) is 0 Å². The summed E-state index contributed by atoms with van der Waals surface area (Å²) in [5, 5.41) is 11.3. The van der Waals surface area contributed by atoms with Crippen molar-refractivity contribution < 1.29 is 19.4 Å². The van der Waals surface area contributed by atoms with Gasteiger partial charge >= 0.3 is 12.1 Å². The summed E-state index contributed by atoms with van der Waals surface area (Å²) in [6, 6.07) is 8.57. The van der Waals surface area contributed by atoms with Gasteiger partial charge in [-0.2, -0.15) is 0 Å². The van der Waals surface area contributed by atoms with Crippen LogP contribution in [0.1, 0.15) is 13.8 Å². The second-order valence-corrected chi connectivity index (χ2v) is 4.25. The predicted octanol–water partition coefficient (Wildman–Crippen LogP) is 1.89. The number of nitrogens with one attached hydrogen (secondary N) is 1. The maximum absolute atomic E-state index is 11.4. The first-order valence-electron chi connectivity index (χ1n) is 5.16. The van der Waals surface area contributed by atoms with Gasteiger partial charge in [0, 0.05) is 6.54 Å². The van der Waals surface area contributed by atoms with E-state index in [0.717, 1.165) is 0 Å². The molecule has 0 aliphatic heterocycles. The molecule has 0 atom stereocenters. The number of benzene rings is 1. The number of aliphatic carboxylic acids is 1. The van der Waals surface area contributed by atoms with Crippen LogP contribution in [0.3, 0.4) is 0 Å². The van der Waals surface area contributed by atoms with Crippen LogP contribution in [0.5, 0.6) is 5.75 Å². The zero-order valence-corrected chi connectivity index (χ0v) is 9.77. The Labute approximate surface area is 99.4 Å². The van der Waals surface area contributed by atoms with E-state index in [2.05, 4.69) is 5.32 Å². The van der Waals surface area contributed by atoms with Crippen molar-refractivity contribution in [3.8, 4) is 5.75 Å². The molecule has 1 aromatic carbocycles. The van der Waals surface area contributed by atoms with Crippen molar-refractivity contribution in [3.63, 3.8) is 0 Å². The monoisotopic (exact) mass is 237 g/mol. The molecule has 0 saturated carbocycles. The number of para-hydroxylation sites is 1. The van der Waals surface area contributed by atoms with E-state index in [1.54, 1.807) is 30.3 Å². The summed E-state index contributed by atoms with van der Waals surface area (Å²) >= 11 is 0. The highest BCUT2D eigenvalue weighted by Gasteiger charge is 2.27. The average Bonchev–Trinajstić information content (AvgIpc) is 2.28. The van der Waals surface area contributed by atoms with E-state index in [0.29, 0.717) is 5.75 Å². The van der Waals surface area contributed by atoms with Gasteiger partial charge in [0.2, 0.25) is 0 Å². The van der Waals surface area contributed by atoms with E-state index in [4.69, 9.17) is 9.84 Å². The number of carboxylic acids is 1. The van der Waals surface area contributed by atoms with Crippen LogP contribution in [0.4, 0.5) is 4.79 Å². The van der Waals surface area contributed by atoms with Crippen molar-refractivity contribution in [2.75, 3.05) is 6.54 Å². The third-order valence-corrected chi connectivity index (χ3v) is 2.21. The third-order valence-electron chi connectivity index (χ3n) is 2.21. The number of carbonyl (C=O) groups is 2. The molecule has 0 saturated heterocycles. The molecule has 1 amide bonds. The summed E-state index contributed by atoms with van der Waals surface area (Å²) in [6.07, 6.45) is -0.662. The highest BCUT2D eigenvalue weighted by molar-refractivity contribution is 5.76.